The number of phenols is 3. The summed E-state index contributed by atoms with van der Waals surface area (Å²) in [6.45, 7) is 24.7. The van der Waals surface area contributed by atoms with E-state index < -0.39 is 0 Å². The third kappa shape index (κ3) is 22.3. The smallest absolute Gasteiger partial charge is 0.161 e. The number of benzene rings is 8. The predicted molar refractivity (Wildman–Crippen MR) is 551 cm³/mol. The number of methoxy groups -OCH3 is 4. The van der Waals surface area contributed by atoms with Crippen molar-refractivity contribution in [2.24, 2.45) is 92.7 Å². The van der Waals surface area contributed by atoms with Gasteiger partial charge in [0.2, 0.25) is 0 Å². The number of halogens is 2. The lowest BCUT2D eigenvalue weighted by atomic mass is 9.54. The topological polar surface area (TPSA) is 200 Å². The molecule has 0 radical (unpaired) electrons. The van der Waals surface area contributed by atoms with Crippen LogP contribution in [0, 0.1) is 107 Å². The molecule has 0 saturated heterocycles. The van der Waals surface area contributed by atoms with Crippen molar-refractivity contribution in [2.75, 3.05) is 79.7 Å². The maximum atomic E-state index is 11.0. The Labute approximate surface area is 828 Å². The molecule has 0 spiro atoms. The van der Waals surface area contributed by atoms with E-state index in [2.05, 4.69) is 127 Å². The number of carbonyl (C=O) groups excluding carboxylic acids is 3. The number of rotatable bonds is 26. The Bertz CT molecular complexity index is 5220. The number of fused-ring (bicyclic) bond motifs is 20. The zero-order valence-electron chi connectivity index (χ0n) is 84.1. The quantitative estimate of drug-likeness (QED) is 0.0295. The molecule has 8 fully saturated rings. The van der Waals surface area contributed by atoms with Crippen LogP contribution in [0.4, 0.5) is 0 Å². The van der Waals surface area contributed by atoms with Gasteiger partial charge in [0.15, 0.2) is 46.0 Å². The molecule has 0 aromatic heterocycles. The number of aliphatic hydroxyl groups is 1. The van der Waals surface area contributed by atoms with E-state index in [0.29, 0.717) is 128 Å². The minimum atomic E-state index is 0.0399. The minimum Gasteiger partial charge on any atom is -0.508 e. The van der Waals surface area contributed by atoms with Gasteiger partial charge in [0.05, 0.1) is 48.3 Å². The van der Waals surface area contributed by atoms with E-state index in [4.69, 9.17) is 61.5 Å². The number of hydrogen-bond donors (Lipinski definition) is 4. The lowest BCUT2D eigenvalue weighted by Gasteiger charge is -2.51. The van der Waals surface area contributed by atoms with Gasteiger partial charge in [-0.3, -0.25) is 19.3 Å². The summed E-state index contributed by atoms with van der Waals surface area (Å²) in [5.41, 5.74) is 19.9. The summed E-state index contributed by atoms with van der Waals surface area (Å²) in [6, 6.07) is 48.1. The normalized spacial score (nSPS) is 29.3. The number of ether oxygens (including phenoxy) is 7. The summed E-state index contributed by atoms with van der Waals surface area (Å²) in [4.78, 5) is 34.7. The largest absolute Gasteiger partial charge is 0.508 e. The van der Waals surface area contributed by atoms with E-state index in [-0.39, 0.29) is 5.75 Å². The number of carbonyl (C=O) groups is 3. The van der Waals surface area contributed by atoms with Crippen molar-refractivity contribution in [1.29, 1.82) is 0 Å². The minimum absolute atomic E-state index is 0.0399. The number of aldehydes is 3. The monoisotopic (exact) mass is 1910 g/mol. The SMILES string of the molecule is CCN(CC)Cc1ccc(OCC[C@H]2CCC3C4CCc5cc(O)ccc5C4CCC32C)c(OC)c1.COc1cc(C=O)ccc1O.COc1cc(C=O)ccc1OCC[C@H]1CCC2C3CCc4cc(C)ccc4C3CCC21C.COc1cc(C=O)ccc1OCC[C@H]1CCC2C3CCc4cc(O)ccc4C3CCC21C.Cc1ccc2c(c1)CCC1C2CCC2(C)C1CC[C@@H]2CCO.ClCCCl. The lowest BCUT2D eigenvalue weighted by molar-refractivity contribution is 0.0209. The van der Waals surface area contributed by atoms with E-state index in [9.17, 15) is 29.7 Å². The Morgan fingerprint density at radius 1 is 0.358 bits per heavy atom. The van der Waals surface area contributed by atoms with Crippen molar-refractivity contribution in [3.05, 3.63) is 223 Å². The second kappa shape index (κ2) is 46.3. The maximum Gasteiger partial charge on any atom is 0.161 e. The standard InChI is InChI=1S/C32H45NO3.C29H36O3.C28H34O4.C21H30O.C8H8O3.C2H4Cl2/c1-5-33(6-2)21-22-7-14-30(31(19-22)35-4)36-18-16-24-9-13-29-28-11-8-23-20-25(34)10-12-26(23)27(28)15-17-32(24,29)3;1-19-4-8-23-21(16-19)6-9-25-24(23)12-14-29(2)22(7-10-26(25)29)13-15-32-27-11-5-20(18-30)17-28(27)31-3;1-28-13-11-23-22-8-6-21(30)16-19(22)4-7-24(23)25(28)9-5-20(28)12-14-32-26-10-3-18(17-29)15-27(26)31-2;1-14-3-6-17-15(13-14)4-7-19-18(17)9-11-21(2)16(10-12-22)5-8-20(19)21;1-11-8-4-6(5-9)2-3-7(8)10;3-1-2-4/h7,10,12,14,19-20,24,27-29,34H,5-6,8-9,11,13,15-18,21H2,1-4H3;4-5,8,11,16-18,22,24-26H,6-7,9-10,12-15H2,1-3H3;3,6,8,10,15-17,20,23-25,30H,4-5,7,9,11-14H2,1-2H3;3,6,13,16,18-20,22H,4-5,7-12H2,1-2H3;2-5,10H,1H3;1-2H2/t24-,27?,28?,29?,32?;22-,24?,25?,26?,29?;20-,23?,24?,25?,28?;16-,18?,19?,20?,21?;;/m1111../s1. The van der Waals surface area contributed by atoms with Gasteiger partial charge in [-0.1, -0.05) is 107 Å². The molecule has 8 aromatic carbocycles. The molecule has 740 valence electrons. The highest BCUT2D eigenvalue weighted by Gasteiger charge is 2.59. The average Bonchev–Trinajstić information content (AvgIpc) is 1.73. The zero-order valence-corrected chi connectivity index (χ0v) is 85.6. The molecule has 16 unspecified atom stereocenters. The van der Waals surface area contributed by atoms with Gasteiger partial charge < -0.3 is 53.6 Å². The highest BCUT2D eigenvalue weighted by atomic mass is 35.5. The molecule has 8 aromatic rings. The first-order chi connectivity index (χ1) is 66.3. The van der Waals surface area contributed by atoms with Crippen molar-refractivity contribution in [3.8, 4) is 57.5 Å². The van der Waals surface area contributed by atoms with Crippen molar-refractivity contribution < 1.29 is 68.0 Å². The number of nitrogens with zero attached hydrogens (tertiary/aromatic N) is 1. The molecular formula is C120H157Cl2NO14. The van der Waals surface area contributed by atoms with Gasteiger partial charge in [-0.2, -0.15) is 0 Å². The Morgan fingerprint density at radius 2 is 0.672 bits per heavy atom. The molecule has 4 N–H and O–H groups in total. The Hall–Kier alpha value is -8.73. The second-order valence-electron chi connectivity index (χ2n) is 43.5. The first-order valence-electron chi connectivity index (χ1n) is 52.3. The molecule has 20 rings (SSSR count). The molecule has 137 heavy (non-hydrogen) atoms. The van der Waals surface area contributed by atoms with E-state index in [0.717, 1.165) is 172 Å². The number of hydrogen-bond acceptors (Lipinski definition) is 15. The fourth-order valence-electron chi connectivity index (χ4n) is 30.1. The van der Waals surface area contributed by atoms with Crippen molar-refractivity contribution in [3.63, 3.8) is 0 Å². The average molecular weight is 1910 g/mol. The third-order valence-corrected chi connectivity index (χ3v) is 37.8. The number of alkyl halides is 2. The van der Waals surface area contributed by atoms with Gasteiger partial charge in [0.1, 0.15) is 30.4 Å². The first-order valence-corrected chi connectivity index (χ1v) is 53.3. The lowest BCUT2D eigenvalue weighted by Crippen LogP contribution is -2.42. The van der Waals surface area contributed by atoms with Crippen molar-refractivity contribution in [1.82, 2.24) is 4.90 Å². The molecule has 20 atom stereocenters. The van der Waals surface area contributed by atoms with Gasteiger partial charge >= 0.3 is 0 Å². The first kappa shape index (κ1) is 103. The molecular weight excluding hydrogens is 1750 g/mol. The molecule has 8 saturated carbocycles. The van der Waals surface area contributed by atoms with Crippen molar-refractivity contribution in [2.45, 2.75) is 265 Å². The van der Waals surface area contributed by atoms with Crippen LogP contribution in [0.25, 0.3) is 0 Å². The van der Waals surface area contributed by atoms with Gasteiger partial charge in [-0.15, -0.1) is 23.2 Å². The molecule has 0 bridgehead atoms. The summed E-state index contributed by atoms with van der Waals surface area (Å²) >= 11 is 10.1. The van der Waals surface area contributed by atoms with Gasteiger partial charge in [-0.25, -0.2) is 0 Å². The predicted octanol–water partition coefficient (Wildman–Crippen LogP) is 27.6. The molecule has 0 amide bonds. The Kier molecular flexibility index (Phi) is 34.7. The van der Waals surface area contributed by atoms with Crippen LogP contribution in [0.1, 0.15) is 312 Å². The van der Waals surface area contributed by atoms with E-state index >= 15 is 0 Å². The summed E-state index contributed by atoms with van der Waals surface area (Å²) in [5, 5.41) is 38.4. The molecule has 0 aliphatic heterocycles. The van der Waals surface area contributed by atoms with E-state index in [1.165, 1.54) is 206 Å². The summed E-state index contributed by atoms with van der Waals surface area (Å²) in [7, 11) is 6.42. The Morgan fingerprint density at radius 3 is 1.00 bits per heavy atom. The van der Waals surface area contributed by atoms with Crippen LogP contribution in [0.3, 0.4) is 0 Å². The van der Waals surface area contributed by atoms with Gasteiger partial charge in [0.25, 0.3) is 0 Å². The van der Waals surface area contributed by atoms with Crippen LogP contribution in [-0.4, -0.2) is 124 Å². The van der Waals surface area contributed by atoms with Crippen LogP contribution in [-0.2, 0) is 32.2 Å². The molecule has 0 heterocycles. The third-order valence-electron chi connectivity index (χ3n) is 37.2. The van der Waals surface area contributed by atoms with Crippen LogP contribution in [0.5, 0.6) is 57.5 Å². The van der Waals surface area contributed by atoms with E-state index in [1.807, 2.05) is 36.4 Å². The van der Waals surface area contributed by atoms with Crippen LogP contribution < -0.4 is 33.2 Å². The van der Waals surface area contributed by atoms with Crippen LogP contribution in [0.15, 0.2) is 146 Å². The molecule has 12 aliphatic carbocycles. The number of aromatic hydroxyl groups is 3. The molecule has 12 aliphatic rings. The number of aliphatic hydroxyl groups excluding tert-OH is 1. The Balaban J connectivity index is 0.000000133. The zero-order chi connectivity index (χ0) is 96.9. The molecule has 17 heteroatoms. The second-order valence-corrected chi connectivity index (χ2v) is 44.2. The highest BCUT2D eigenvalue weighted by molar-refractivity contribution is 6.26. The highest BCUT2D eigenvalue weighted by Crippen LogP contribution is 2.69. The number of aryl methyl sites for hydroxylation is 6. The van der Waals surface area contributed by atoms with Crippen LogP contribution >= 0.6 is 23.2 Å². The van der Waals surface area contributed by atoms with Crippen molar-refractivity contribution >= 4 is 42.1 Å². The summed E-state index contributed by atoms with van der Waals surface area (Å²) in [6.07, 6.45) is 38.1. The summed E-state index contributed by atoms with van der Waals surface area (Å²) < 4.78 is 39.9. The van der Waals surface area contributed by atoms with Gasteiger partial charge in [0, 0.05) is 41.6 Å². The molecule has 15 nitrogen and oxygen atoms in total. The fourth-order valence-corrected chi connectivity index (χ4v) is 30.1. The van der Waals surface area contributed by atoms with Crippen LogP contribution in [0.2, 0.25) is 0 Å². The maximum absolute atomic E-state index is 11.0. The fraction of sp³-hybridized carbons (Fsp3) is 0.575. The number of phenolic OH excluding ortho intramolecular Hbond substituents is 3. The summed E-state index contributed by atoms with van der Waals surface area (Å²) in [5.74, 6) is 19.3. The van der Waals surface area contributed by atoms with E-state index in [1.54, 1.807) is 67.8 Å². The van der Waals surface area contributed by atoms with Gasteiger partial charge in [-0.05, 0) is 464 Å².